The van der Waals surface area contributed by atoms with E-state index in [-0.39, 0.29) is 11.2 Å². The van der Waals surface area contributed by atoms with Crippen molar-refractivity contribution in [3.8, 4) is 0 Å². The molecule has 1 atom stereocenters. The number of rotatable bonds is 8. The van der Waals surface area contributed by atoms with Crippen LogP contribution in [0.3, 0.4) is 0 Å². The molecule has 7 heteroatoms. The molecule has 0 spiro atoms. The molecule has 1 fully saturated rings. The number of nitrogens with one attached hydrogen (secondary N) is 1. The Morgan fingerprint density at radius 1 is 1.09 bits per heavy atom. The van der Waals surface area contributed by atoms with Crippen molar-refractivity contribution in [2.45, 2.75) is 68.4 Å². The van der Waals surface area contributed by atoms with Crippen molar-refractivity contribution in [2.75, 3.05) is 0 Å². The van der Waals surface area contributed by atoms with Crippen LogP contribution in [-0.2, 0) is 17.8 Å². The summed E-state index contributed by atoms with van der Waals surface area (Å²) in [7, 11) is 0. The lowest BCUT2D eigenvalue weighted by Crippen LogP contribution is -2.30. The molecule has 34 heavy (non-hydrogen) atoms. The third kappa shape index (κ3) is 5.04. The van der Waals surface area contributed by atoms with Gasteiger partial charge in [0.25, 0.3) is 0 Å². The molecule has 6 nitrogen and oxygen atoms in total. The molecular weight excluding hydrogens is 444 g/mol. The van der Waals surface area contributed by atoms with Crippen molar-refractivity contribution in [1.29, 1.82) is 0 Å². The SMILES string of the molecule is CC(Sc1nnc(Cc2cccc3ccccc23)n1C1CCCCC1)C(=O)NCc1ccco1. The molecule has 1 aliphatic rings. The third-order valence-electron chi connectivity index (χ3n) is 6.57. The van der Waals surface area contributed by atoms with Gasteiger partial charge in [-0.3, -0.25) is 4.79 Å². The highest BCUT2D eigenvalue weighted by Gasteiger charge is 2.26. The van der Waals surface area contributed by atoms with E-state index in [9.17, 15) is 4.79 Å². The van der Waals surface area contributed by atoms with Gasteiger partial charge in [0, 0.05) is 12.5 Å². The predicted octanol–water partition coefficient (Wildman–Crippen LogP) is 5.92. The zero-order chi connectivity index (χ0) is 23.3. The largest absolute Gasteiger partial charge is 0.467 e. The number of benzene rings is 2. The second kappa shape index (κ2) is 10.5. The summed E-state index contributed by atoms with van der Waals surface area (Å²) in [6.45, 7) is 2.31. The van der Waals surface area contributed by atoms with E-state index in [1.54, 1.807) is 6.26 Å². The molecule has 2 heterocycles. The molecule has 0 saturated heterocycles. The fraction of sp³-hybridized carbons (Fsp3) is 0.370. The van der Waals surface area contributed by atoms with Crippen molar-refractivity contribution in [3.05, 3.63) is 78.0 Å². The van der Waals surface area contributed by atoms with Gasteiger partial charge in [0.1, 0.15) is 11.6 Å². The first-order valence-electron chi connectivity index (χ1n) is 12.1. The van der Waals surface area contributed by atoms with E-state index in [0.717, 1.165) is 36.0 Å². The monoisotopic (exact) mass is 474 g/mol. The molecule has 1 amide bonds. The molecule has 0 aliphatic heterocycles. The van der Waals surface area contributed by atoms with Gasteiger partial charge >= 0.3 is 0 Å². The van der Waals surface area contributed by atoms with Crippen molar-refractivity contribution < 1.29 is 9.21 Å². The van der Waals surface area contributed by atoms with Gasteiger partial charge in [0.2, 0.25) is 5.91 Å². The second-order valence-corrected chi connectivity index (χ2v) is 10.2. The van der Waals surface area contributed by atoms with Crippen LogP contribution in [0, 0.1) is 0 Å². The molecular formula is C27H30N4O2S. The normalized spacial score (nSPS) is 15.4. The summed E-state index contributed by atoms with van der Waals surface area (Å²) < 4.78 is 7.64. The Morgan fingerprint density at radius 3 is 2.74 bits per heavy atom. The van der Waals surface area contributed by atoms with Gasteiger partial charge in [-0.25, -0.2) is 0 Å². The number of amides is 1. The zero-order valence-electron chi connectivity index (χ0n) is 19.4. The first-order chi connectivity index (χ1) is 16.7. The van der Waals surface area contributed by atoms with Gasteiger partial charge in [0.05, 0.1) is 18.1 Å². The molecule has 176 valence electrons. The maximum atomic E-state index is 12.7. The first kappa shape index (κ1) is 22.7. The maximum absolute atomic E-state index is 12.7. The first-order valence-corrected chi connectivity index (χ1v) is 12.9. The van der Waals surface area contributed by atoms with E-state index in [4.69, 9.17) is 4.42 Å². The molecule has 2 aromatic heterocycles. The van der Waals surface area contributed by atoms with Gasteiger partial charge in [-0.2, -0.15) is 0 Å². The number of nitrogens with zero attached hydrogens (tertiary/aromatic N) is 3. The summed E-state index contributed by atoms with van der Waals surface area (Å²) in [5, 5.41) is 15.2. The van der Waals surface area contributed by atoms with Crippen molar-refractivity contribution in [3.63, 3.8) is 0 Å². The second-order valence-electron chi connectivity index (χ2n) is 8.93. The average Bonchev–Trinajstić information content (AvgIpc) is 3.53. The average molecular weight is 475 g/mol. The van der Waals surface area contributed by atoms with Gasteiger partial charge in [-0.05, 0) is 48.2 Å². The van der Waals surface area contributed by atoms with Gasteiger partial charge in [-0.15, -0.1) is 10.2 Å². The van der Waals surface area contributed by atoms with Crippen LogP contribution in [0.25, 0.3) is 10.8 Å². The lowest BCUT2D eigenvalue weighted by Gasteiger charge is -2.26. The van der Waals surface area contributed by atoms with Crippen LogP contribution in [0.5, 0.6) is 0 Å². The van der Waals surface area contributed by atoms with E-state index in [1.807, 2.05) is 19.1 Å². The fourth-order valence-electron chi connectivity index (χ4n) is 4.77. The summed E-state index contributed by atoms with van der Waals surface area (Å²) in [5.74, 6) is 1.69. The molecule has 0 radical (unpaired) electrons. The van der Waals surface area contributed by atoms with Crippen LogP contribution in [0.4, 0.5) is 0 Å². The quantitative estimate of drug-likeness (QED) is 0.321. The molecule has 5 rings (SSSR count). The molecule has 2 aromatic carbocycles. The Balaban J connectivity index is 1.38. The minimum Gasteiger partial charge on any atom is -0.467 e. The number of carbonyl (C=O) groups excluding carboxylic acids is 1. The summed E-state index contributed by atoms with van der Waals surface area (Å²) in [6, 6.07) is 19.0. The van der Waals surface area contributed by atoms with Crippen molar-refractivity contribution >= 4 is 28.4 Å². The Bertz CT molecular complexity index is 1240. The van der Waals surface area contributed by atoms with Gasteiger partial charge < -0.3 is 14.3 Å². The van der Waals surface area contributed by atoms with Crippen molar-refractivity contribution in [1.82, 2.24) is 20.1 Å². The van der Waals surface area contributed by atoms with E-state index < -0.39 is 0 Å². The minimum absolute atomic E-state index is 0.0322. The molecule has 1 aliphatic carbocycles. The van der Waals surface area contributed by atoms with E-state index >= 15 is 0 Å². The number of carbonyl (C=O) groups is 1. The van der Waals surface area contributed by atoms with Crippen LogP contribution in [0.1, 0.15) is 62.2 Å². The predicted molar refractivity (Wildman–Crippen MR) is 135 cm³/mol. The molecule has 1 saturated carbocycles. The standard InChI is InChI=1S/C27H30N4O2S/c1-19(26(32)28-18-23-14-8-16-33-23)34-27-30-29-25(31(27)22-12-3-2-4-13-22)17-21-11-7-10-20-9-5-6-15-24(20)21/h5-11,14-16,19,22H,2-4,12-13,17-18H2,1H3,(H,28,32). The van der Waals surface area contributed by atoms with Crippen LogP contribution in [-0.4, -0.2) is 25.9 Å². The van der Waals surface area contributed by atoms with E-state index in [1.165, 1.54) is 47.4 Å². The smallest absolute Gasteiger partial charge is 0.233 e. The number of hydrogen-bond donors (Lipinski definition) is 1. The highest BCUT2D eigenvalue weighted by Crippen LogP contribution is 2.35. The number of hydrogen-bond acceptors (Lipinski definition) is 5. The number of fused-ring (bicyclic) bond motifs is 1. The number of aromatic nitrogens is 3. The molecule has 0 bridgehead atoms. The number of thioether (sulfide) groups is 1. The highest BCUT2D eigenvalue weighted by atomic mass is 32.2. The Kier molecular flexibility index (Phi) is 7.00. The fourth-order valence-corrected chi connectivity index (χ4v) is 5.74. The minimum atomic E-state index is -0.285. The van der Waals surface area contributed by atoms with E-state index in [2.05, 4.69) is 62.5 Å². The molecule has 1 unspecified atom stereocenters. The summed E-state index contributed by atoms with van der Waals surface area (Å²) in [5.41, 5.74) is 1.25. The van der Waals surface area contributed by atoms with Crippen LogP contribution < -0.4 is 5.32 Å². The topological polar surface area (TPSA) is 73.0 Å². The van der Waals surface area contributed by atoms with Gasteiger partial charge in [-0.1, -0.05) is 73.5 Å². The van der Waals surface area contributed by atoms with Crippen LogP contribution in [0.2, 0.25) is 0 Å². The van der Waals surface area contributed by atoms with Crippen LogP contribution >= 0.6 is 11.8 Å². The lowest BCUT2D eigenvalue weighted by atomic mass is 9.95. The molecule has 1 N–H and O–H groups in total. The zero-order valence-corrected chi connectivity index (χ0v) is 20.3. The van der Waals surface area contributed by atoms with Gasteiger partial charge in [0.15, 0.2) is 5.16 Å². The summed E-state index contributed by atoms with van der Waals surface area (Å²) in [4.78, 5) is 12.7. The van der Waals surface area contributed by atoms with Crippen molar-refractivity contribution in [2.24, 2.45) is 0 Å². The summed E-state index contributed by atoms with van der Waals surface area (Å²) in [6.07, 6.45) is 8.33. The lowest BCUT2D eigenvalue weighted by molar-refractivity contribution is -0.120. The van der Waals surface area contributed by atoms with E-state index in [0.29, 0.717) is 12.6 Å². The summed E-state index contributed by atoms with van der Waals surface area (Å²) >= 11 is 1.49. The number of furan rings is 1. The Hall–Kier alpha value is -3.06. The Labute approximate surface area is 204 Å². The maximum Gasteiger partial charge on any atom is 0.233 e. The Morgan fingerprint density at radius 2 is 1.91 bits per heavy atom. The van der Waals surface area contributed by atoms with Crippen LogP contribution in [0.15, 0.2) is 70.4 Å². The molecule has 4 aromatic rings. The highest BCUT2D eigenvalue weighted by molar-refractivity contribution is 8.00. The third-order valence-corrected chi connectivity index (χ3v) is 7.63.